The number of amides is 2. The van der Waals surface area contributed by atoms with E-state index in [1.54, 1.807) is 0 Å². The number of carboxylic acid groups (broad SMARTS) is 2. The van der Waals surface area contributed by atoms with Crippen LogP contribution in [0, 0.1) is 22.7 Å². The van der Waals surface area contributed by atoms with Gasteiger partial charge < -0.3 is 68.3 Å². The molecule has 2 amide bonds. The smallest absolute Gasteiger partial charge is 0.306 e. The van der Waals surface area contributed by atoms with Gasteiger partial charge in [-0.15, -0.1) is 0 Å². The first-order chi connectivity index (χ1) is 33.9. The number of ketones is 6. The van der Waals surface area contributed by atoms with Gasteiger partial charge in [-0.3, -0.25) is 38.4 Å². The van der Waals surface area contributed by atoms with Crippen LogP contribution in [0.25, 0.3) is 0 Å². The van der Waals surface area contributed by atoms with E-state index in [4.69, 9.17) is 48.1 Å². The van der Waals surface area contributed by atoms with Crippen molar-refractivity contribution in [3.05, 3.63) is 0 Å². The van der Waals surface area contributed by atoms with E-state index in [1.807, 2.05) is 41.5 Å². The Morgan fingerprint density at radius 2 is 0.694 bits per heavy atom. The minimum absolute atomic E-state index is 0.0108. The van der Waals surface area contributed by atoms with Crippen molar-refractivity contribution >= 4 is 58.5 Å². The van der Waals surface area contributed by atoms with Gasteiger partial charge in [0.2, 0.25) is 11.8 Å². The highest BCUT2D eigenvalue weighted by molar-refractivity contribution is 5.86. The summed E-state index contributed by atoms with van der Waals surface area (Å²) in [5, 5.41) is 23.4. The fraction of sp³-hybridized carbons (Fsp3) is 0.800. The maximum atomic E-state index is 11.8. The average Bonchev–Trinajstić information content (AvgIpc) is 3.28. The van der Waals surface area contributed by atoms with Crippen LogP contribution < -0.4 is 10.6 Å². The Labute approximate surface area is 425 Å². The molecule has 0 saturated heterocycles. The molecule has 0 spiro atoms. The molecule has 0 aliphatic heterocycles. The number of Topliss-reactive ketones (excluding diaryl/α,β-unsaturated/α-hetero) is 6. The molecule has 0 radical (unpaired) electrons. The average molecular weight is 1040 g/mol. The van der Waals surface area contributed by atoms with E-state index in [2.05, 4.69) is 10.6 Å². The first-order valence-electron chi connectivity index (χ1n) is 24.6. The highest BCUT2D eigenvalue weighted by Crippen LogP contribution is 2.16. The van der Waals surface area contributed by atoms with Gasteiger partial charge in [0.05, 0.1) is 77.9 Å². The number of ether oxygens (including phenoxy) is 8. The molecule has 22 heteroatoms. The van der Waals surface area contributed by atoms with E-state index in [1.165, 1.54) is 13.8 Å². The van der Waals surface area contributed by atoms with Crippen LogP contribution in [0.4, 0.5) is 0 Å². The van der Waals surface area contributed by atoms with Crippen LogP contribution in [0.3, 0.4) is 0 Å². The summed E-state index contributed by atoms with van der Waals surface area (Å²) in [4.78, 5) is 115. The Kier molecular flexibility index (Phi) is 41.6. The lowest BCUT2D eigenvalue weighted by Crippen LogP contribution is -2.29. The summed E-state index contributed by atoms with van der Waals surface area (Å²) in [6.07, 6.45) is 1.89. The molecule has 0 aliphatic rings. The van der Waals surface area contributed by atoms with Crippen molar-refractivity contribution in [2.24, 2.45) is 22.7 Å². The van der Waals surface area contributed by atoms with Crippen molar-refractivity contribution in [1.29, 1.82) is 0 Å². The van der Waals surface area contributed by atoms with Gasteiger partial charge in [-0.1, -0.05) is 41.5 Å². The van der Waals surface area contributed by atoms with Crippen LogP contribution in [0.15, 0.2) is 0 Å². The number of carbonyl (C=O) groups is 10. The first kappa shape index (κ1) is 69.7. The van der Waals surface area contributed by atoms with Crippen LogP contribution in [0.5, 0.6) is 0 Å². The van der Waals surface area contributed by atoms with E-state index < -0.39 is 34.6 Å². The monoisotopic (exact) mass is 1030 g/mol. The highest BCUT2D eigenvalue weighted by Gasteiger charge is 2.23. The molecular formula is C50H86N2O20. The largest absolute Gasteiger partial charge is 0.481 e. The first-order valence-corrected chi connectivity index (χ1v) is 24.6. The molecule has 0 heterocycles. The molecule has 2 atom stereocenters. The van der Waals surface area contributed by atoms with Crippen molar-refractivity contribution in [1.82, 2.24) is 10.6 Å². The molecule has 0 saturated carbocycles. The summed E-state index contributed by atoms with van der Waals surface area (Å²) in [6, 6.07) is 0. The summed E-state index contributed by atoms with van der Waals surface area (Å²) in [6.45, 7) is 18.1. The second kappa shape index (κ2) is 43.0. The zero-order chi connectivity index (χ0) is 54.8. The predicted octanol–water partition coefficient (Wildman–Crippen LogP) is 3.19. The van der Waals surface area contributed by atoms with Gasteiger partial charge in [-0.25, -0.2) is 0 Å². The Morgan fingerprint density at radius 1 is 0.403 bits per heavy atom. The molecule has 0 bridgehead atoms. The minimum Gasteiger partial charge on any atom is -0.481 e. The molecule has 0 fully saturated rings. The van der Waals surface area contributed by atoms with Gasteiger partial charge in [0, 0.05) is 75.7 Å². The third-order valence-electron chi connectivity index (χ3n) is 9.99. The Hall–Kier alpha value is -4.42. The number of hydrogen-bond donors (Lipinski definition) is 4. The number of rotatable bonds is 46. The molecule has 22 nitrogen and oxygen atoms in total. The Morgan fingerprint density at radius 3 is 0.986 bits per heavy atom. The second-order valence-corrected chi connectivity index (χ2v) is 19.0. The van der Waals surface area contributed by atoms with Crippen molar-refractivity contribution < 1.29 is 96.1 Å². The van der Waals surface area contributed by atoms with E-state index in [0.29, 0.717) is 65.3 Å². The Bertz CT molecular complexity index is 1490. The molecule has 72 heavy (non-hydrogen) atoms. The summed E-state index contributed by atoms with van der Waals surface area (Å²) in [5.74, 6) is -4.93. The molecule has 0 unspecified atom stereocenters. The van der Waals surface area contributed by atoms with E-state index in [-0.39, 0.29) is 164 Å². The fourth-order valence-electron chi connectivity index (χ4n) is 5.53. The summed E-state index contributed by atoms with van der Waals surface area (Å²) in [5.41, 5.74) is -0.829. The highest BCUT2D eigenvalue weighted by atomic mass is 16.5. The quantitative estimate of drug-likeness (QED) is 0.0636. The normalized spacial score (nSPS) is 12.2. The molecule has 4 N–H and O–H groups in total. The van der Waals surface area contributed by atoms with Crippen molar-refractivity contribution in [3.63, 3.8) is 0 Å². The molecule has 0 aromatic carbocycles. The maximum Gasteiger partial charge on any atom is 0.306 e. The van der Waals surface area contributed by atoms with Gasteiger partial charge in [-0.05, 0) is 39.5 Å². The van der Waals surface area contributed by atoms with Gasteiger partial charge in [0.25, 0.3) is 0 Å². The molecule has 0 aromatic heterocycles. The summed E-state index contributed by atoms with van der Waals surface area (Å²) in [7, 11) is 0. The van der Waals surface area contributed by atoms with Crippen molar-refractivity contribution in [2.45, 2.75) is 120 Å². The van der Waals surface area contributed by atoms with Crippen LogP contribution >= 0.6 is 0 Å². The lowest BCUT2D eigenvalue weighted by Gasteiger charge is -2.16. The van der Waals surface area contributed by atoms with Gasteiger partial charge in [0.15, 0.2) is 23.1 Å². The van der Waals surface area contributed by atoms with Gasteiger partial charge in [-0.2, -0.15) is 0 Å². The maximum absolute atomic E-state index is 11.8. The van der Waals surface area contributed by atoms with E-state index in [9.17, 15) is 47.9 Å². The number of carboxylic acids is 2. The lowest BCUT2D eigenvalue weighted by atomic mass is 9.91. The minimum atomic E-state index is -1.08. The lowest BCUT2D eigenvalue weighted by molar-refractivity contribution is -0.144. The van der Waals surface area contributed by atoms with Crippen molar-refractivity contribution in [2.75, 3.05) is 119 Å². The van der Waals surface area contributed by atoms with Crippen LogP contribution in [0.2, 0.25) is 0 Å². The molecule has 0 aromatic rings. The topological polar surface area (TPSA) is 309 Å². The SMILES string of the molecule is CC(=O)C[C@@H](CCC(=O)NCCOCCOCC(=O)CCCOCCOCC(=O)C(C)(C)C)C(=O)O.CC(=O)C[C@@H](CCC(=O)NCCOCCOCC(=O)CCCOCCOCC(=O)C(C)(C)C)C(=O)O. The van der Waals surface area contributed by atoms with Gasteiger partial charge >= 0.3 is 11.9 Å². The Balaban J connectivity index is 0. The molecule has 0 aliphatic carbocycles. The molecule has 416 valence electrons. The van der Waals surface area contributed by atoms with Crippen LogP contribution in [-0.4, -0.2) is 187 Å². The second-order valence-electron chi connectivity index (χ2n) is 19.0. The van der Waals surface area contributed by atoms with E-state index >= 15 is 0 Å². The molecular weight excluding hydrogens is 949 g/mol. The number of carbonyl (C=O) groups excluding carboxylic acids is 8. The predicted molar refractivity (Wildman–Crippen MR) is 261 cm³/mol. The van der Waals surface area contributed by atoms with Gasteiger partial charge in [0.1, 0.15) is 38.0 Å². The van der Waals surface area contributed by atoms with Crippen LogP contribution in [0.1, 0.15) is 120 Å². The summed E-state index contributed by atoms with van der Waals surface area (Å²) >= 11 is 0. The number of aliphatic carboxylic acids is 2. The third-order valence-corrected chi connectivity index (χ3v) is 9.99. The van der Waals surface area contributed by atoms with Crippen molar-refractivity contribution in [3.8, 4) is 0 Å². The fourth-order valence-corrected chi connectivity index (χ4v) is 5.53. The number of hydrogen-bond acceptors (Lipinski definition) is 18. The van der Waals surface area contributed by atoms with E-state index in [0.717, 1.165) is 0 Å². The number of nitrogens with one attached hydrogen (secondary N) is 2. The zero-order valence-electron chi connectivity index (χ0n) is 44.2. The zero-order valence-corrected chi connectivity index (χ0v) is 44.2. The van der Waals surface area contributed by atoms with Crippen LogP contribution in [-0.2, 0) is 85.8 Å². The molecule has 0 rings (SSSR count). The third kappa shape index (κ3) is 45.4. The summed E-state index contributed by atoms with van der Waals surface area (Å²) < 4.78 is 42.5. The standard InChI is InChI=1S/2C25H43NO10/c2*1-19(27)16-20(24(31)32)7-8-23(30)26-9-11-34-13-14-35-17-21(28)6-5-10-33-12-15-36-18-22(29)25(2,3)4/h2*20H,5-18H2,1-4H3,(H,26,30)(H,31,32)/t2*20-/m11/s1.